The van der Waals surface area contributed by atoms with Crippen molar-refractivity contribution in [3.8, 4) is 0 Å². The summed E-state index contributed by atoms with van der Waals surface area (Å²) in [6, 6.07) is 1.99. The van der Waals surface area contributed by atoms with E-state index < -0.39 is 0 Å². The summed E-state index contributed by atoms with van der Waals surface area (Å²) in [6.07, 6.45) is 3.21. The maximum Gasteiger partial charge on any atom is 0.0861 e. The smallest absolute Gasteiger partial charge is 0.0861 e. The highest BCUT2D eigenvalue weighted by Crippen LogP contribution is 1.89. The molecule has 11 heavy (non-hydrogen) atoms. The number of ether oxygens (including phenoxy) is 1. The third kappa shape index (κ3) is 9.34. The fraction of sp³-hybridized carbons (Fsp3) is 0.875. The minimum atomic E-state index is 0.662. The van der Waals surface area contributed by atoms with Gasteiger partial charge in [-0.15, -0.1) is 0 Å². The van der Waals surface area contributed by atoms with Crippen molar-refractivity contribution in [2.45, 2.75) is 26.2 Å². The molecule has 0 radical (unpaired) electrons. The molecule has 0 unspecified atom stereocenters. The van der Waals surface area contributed by atoms with Gasteiger partial charge < -0.3 is 4.74 Å². The molecule has 0 aromatic carbocycles. The van der Waals surface area contributed by atoms with E-state index in [0.717, 1.165) is 26.1 Å². The van der Waals surface area contributed by atoms with E-state index in [1.54, 1.807) is 0 Å². The van der Waals surface area contributed by atoms with E-state index in [9.17, 15) is 0 Å². The lowest BCUT2D eigenvalue weighted by atomic mass is 10.4. The summed E-state index contributed by atoms with van der Waals surface area (Å²) >= 11 is 0. The van der Waals surface area contributed by atoms with Crippen LogP contribution in [0.15, 0.2) is 4.99 Å². The minimum Gasteiger partial charge on any atom is -0.381 e. The van der Waals surface area contributed by atoms with E-state index in [1.807, 2.05) is 6.01 Å². The van der Waals surface area contributed by atoms with Gasteiger partial charge in [0, 0.05) is 13.2 Å². The van der Waals surface area contributed by atoms with Crippen LogP contribution in [0.2, 0.25) is 0 Å². The van der Waals surface area contributed by atoms with Gasteiger partial charge in [-0.2, -0.15) is 0 Å². The van der Waals surface area contributed by atoms with Crippen LogP contribution < -0.4 is 0 Å². The highest BCUT2D eigenvalue weighted by molar-refractivity contribution is 5.35. The van der Waals surface area contributed by atoms with Gasteiger partial charge in [0.15, 0.2) is 0 Å². The van der Waals surface area contributed by atoms with E-state index in [2.05, 4.69) is 11.9 Å². The Morgan fingerprint density at radius 2 is 2.09 bits per heavy atom. The molecular weight excluding hydrogens is 140 g/mol. The van der Waals surface area contributed by atoms with Crippen LogP contribution in [0.25, 0.3) is 0 Å². The summed E-state index contributed by atoms with van der Waals surface area (Å²) < 4.78 is 5.27. The monoisotopic (exact) mass is 156 g/mol. The Morgan fingerprint density at radius 1 is 1.36 bits per heavy atom. The second kappa shape index (κ2) is 9.34. The van der Waals surface area contributed by atoms with Gasteiger partial charge in [0.25, 0.3) is 0 Å². The van der Waals surface area contributed by atoms with Crippen LogP contribution in [0.3, 0.4) is 0 Å². The van der Waals surface area contributed by atoms with Crippen LogP contribution in [0.4, 0.5) is 0 Å². The Balaban J connectivity index is 2.84. The Kier molecular flexibility index (Phi) is 8.78. The Bertz CT molecular complexity index is 119. The minimum absolute atomic E-state index is 0.662. The molecule has 0 aromatic heterocycles. The van der Waals surface area contributed by atoms with E-state index >= 15 is 0 Å². The van der Waals surface area contributed by atoms with Gasteiger partial charge >= 0.3 is 0 Å². The van der Waals surface area contributed by atoms with E-state index in [0.29, 0.717) is 6.54 Å². The van der Waals surface area contributed by atoms with Crippen LogP contribution in [-0.4, -0.2) is 25.8 Å². The van der Waals surface area contributed by atoms with E-state index in [1.165, 1.54) is 6.42 Å². The zero-order valence-electron chi connectivity index (χ0n) is 7.10. The zero-order chi connectivity index (χ0) is 8.36. The molecule has 0 amide bonds. The summed E-state index contributed by atoms with van der Waals surface area (Å²) in [5, 5.41) is 6.49. The predicted molar refractivity (Wildman–Crippen MR) is 45.4 cm³/mol. The molecule has 0 fully saturated rings. The maximum atomic E-state index is 6.49. The summed E-state index contributed by atoms with van der Waals surface area (Å²) in [5.74, 6) is 0. The normalized spacial score (nSPS) is 9.18. The van der Waals surface area contributed by atoms with Gasteiger partial charge in [0.2, 0.25) is 0 Å². The molecule has 3 nitrogen and oxygen atoms in total. The summed E-state index contributed by atoms with van der Waals surface area (Å²) in [4.78, 5) is 3.63. The fourth-order valence-electron chi connectivity index (χ4n) is 0.650. The quantitative estimate of drug-likeness (QED) is 0.444. The number of aliphatic imine (C=N–C) groups is 1. The maximum absolute atomic E-state index is 6.49. The van der Waals surface area contributed by atoms with Crippen LogP contribution in [-0.2, 0) is 4.74 Å². The number of rotatable bonds is 7. The molecular formula is C8H16N2O. The molecule has 0 aliphatic rings. The molecule has 0 aromatic rings. The van der Waals surface area contributed by atoms with Crippen molar-refractivity contribution in [1.29, 1.82) is 5.41 Å². The molecule has 64 valence electrons. The molecule has 0 rings (SSSR count). The standard InChI is InChI=1S/C8H16N2O/c1-2-3-6-11-7-4-5-10-8-9/h9H,2-7H2,1H3. The first-order valence-electron chi connectivity index (χ1n) is 4.07. The van der Waals surface area contributed by atoms with Crippen molar-refractivity contribution < 1.29 is 4.74 Å². The van der Waals surface area contributed by atoms with E-state index in [4.69, 9.17) is 10.1 Å². The van der Waals surface area contributed by atoms with Crippen molar-refractivity contribution in [3.63, 3.8) is 0 Å². The Labute approximate surface area is 68.0 Å². The van der Waals surface area contributed by atoms with Crippen LogP contribution >= 0.6 is 0 Å². The topological polar surface area (TPSA) is 45.4 Å². The first-order chi connectivity index (χ1) is 5.41. The van der Waals surface area contributed by atoms with Crippen LogP contribution in [0.5, 0.6) is 0 Å². The number of unbranched alkanes of at least 4 members (excludes halogenated alkanes) is 1. The lowest BCUT2D eigenvalue weighted by Gasteiger charge is -1.99. The highest BCUT2D eigenvalue weighted by Gasteiger charge is 1.86. The SMILES string of the molecule is CCCCOCCCN=C=N. The van der Waals surface area contributed by atoms with Crippen LogP contribution in [0.1, 0.15) is 26.2 Å². The summed E-state index contributed by atoms with van der Waals surface area (Å²) in [7, 11) is 0. The molecule has 0 heterocycles. The molecule has 0 saturated carbocycles. The van der Waals surface area contributed by atoms with Gasteiger partial charge in [-0.1, -0.05) is 13.3 Å². The molecule has 0 saturated heterocycles. The number of hydrogen-bond acceptors (Lipinski definition) is 3. The lowest BCUT2D eigenvalue weighted by Crippen LogP contribution is -1.97. The lowest BCUT2D eigenvalue weighted by molar-refractivity contribution is 0.130. The third-order valence-electron chi connectivity index (χ3n) is 1.28. The molecule has 0 bridgehead atoms. The predicted octanol–water partition coefficient (Wildman–Crippen LogP) is 1.95. The molecule has 1 N–H and O–H groups in total. The molecule has 0 aliphatic carbocycles. The van der Waals surface area contributed by atoms with Crippen molar-refractivity contribution in [3.05, 3.63) is 0 Å². The van der Waals surface area contributed by atoms with Gasteiger partial charge in [-0.05, 0) is 12.8 Å². The average molecular weight is 156 g/mol. The van der Waals surface area contributed by atoms with Gasteiger partial charge in [-0.25, -0.2) is 10.4 Å². The summed E-state index contributed by atoms with van der Waals surface area (Å²) in [6.45, 7) is 4.41. The van der Waals surface area contributed by atoms with Crippen LogP contribution in [0, 0.1) is 5.41 Å². The highest BCUT2D eigenvalue weighted by atomic mass is 16.5. The average Bonchev–Trinajstić information content (AvgIpc) is 2.03. The van der Waals surface area contributed by atoms with E-state index in [-0.39, 0.29) is 0 Å². The van der Waals surface area contributed by atoms with Crippen molar-refractivity contribution in [1.82, 2.24) is 0 Å². The second-order valence-electron chi connectivity index (χ2n) is 2.31. The second-order valence-corrected chi connectivity index (χ2v) is 2.31. The fourth-order valence-corrected chi connectivity index (χ4v) is 0.650. The van der Waals surface area contributed by atoms with Crippen molar-refractivity contribution in [2.75, 3.05) is 19.8 Å². The number of nitrogens with one attached hydrogen (secondary N) is 1. The van der Waals surface area contributed by atoms with Crippen molar-refractivity contribution in [2.24, 2.45) is 4.99 Å². The van der Waals surface area contributed by atoms with Gasteiger partial charge in [-0.3, -0.25) is 0 Å². The third-order valence-corrected chi connectivity index (χ3v) is 1.28. The number of nitrogens with zero attached hydrogens (tertiary/aromatic N) is 1. The first kappa shape index (κ1) is 10.3. The molecule has 3 heteroatoms. The molecule has 0 aliphatic heterocycles. The number of hydrogen-bond donors (Lipinski definition) is 1. The zero-order valence-corrected chi connectivity index (χ0v) is 7.10. The van der Waals surface area contributed by atoms with Gasteiger partial charge in [0.1, 0.15) is 0 Å². The molecule has 0 spiro atoms. The Hall–Kier alpha value is -0.660. The summed E-state index contributed by atoms with van der Waals surface area (Å²) in [5.41, 5.74) is 0. The van der Waals surface area contributed by atoms with Gasteiger partial charge in [0.05, 0.1) is 12.6 Å². The Morgan fingerprint density at radius 3 is 2.73 bits per heavy atom. The first-order valence-corrected chi connectivity index (χ1v) is 4.07. The van der Waals surface area contributed by atoms with Crippen molar-refractivity contribution >= 4 is 6.01 Å². The largest absolute Gasteiger partial charge is 0.381 e. The molecule has 0 atom stereocenters.